The van der Waals surface area contributed by atoms with Crippen LogP contribution in [-0.2, 0) is 15.6 Å². The molecule has 4 nitrogen and oxygen atoms in total. The highest BCUT2D eigenvalue weighted by molar-refractivity contribution is 6.24. The summed E-state index contributed by atoms with van der Waals surface area (Å²) < 4.78 is 2.38. The Labute approximate surface area is 293 Å². The number of anilines is 1. The second kappa shape index (κ2) is 15.6. The van der Waals surface area contributed by atoms with Crippen molar-refractivity contribution in [3.63, 3.8) is 0 Å². The van der Waals surface area contributed by atoms with Crippen molar-refractivity contribution in [3.8, 4) is 0 Å². The molecule has 0 saturated carbocycles. The van der Waals surface area contributed by atoms with E-state index < -0.39 is 0 Å². The number of aliphatic hydroxyl groups is 1. The minimum absolute atomic E-state index is 0. The molecule has 0 atom stereocenters. The molecule has 250 valence electrons. The van der Waals surface area contributed by atoms with Gasteiger partial charge >= 0.3 is 0 Å². The smallest absolute Gasteiger partial charge is 0.209 e. The van der Waals surface area contributed by atoms with Crippen LogP contribution in [0, 0.1) is 0 Å². The largest absolute Gasteiger partial charge is 1.00 e. The number of carbonyl (C=O) groups is 1. The zero-order valence-electron chi connectivity index (χ0n) is 29.0. The predicted octanol–water partition coefficient (Wildman–Crippen LogP) is 7.34. The first-order valence-electron chi connectivity index (χ1n) is 17.4. The molecule has 0 aromatic heterocycles. The average molecular weight is 698 g/mol. The van der Waals surface area contributed by atoms with E-state index in [0.717, 1.165) is 63.0 Å². The SMILES string of the molecule is C=CCCCCCCN1/C(=C/C2=C(O)C(=C\C3=[N+](CCCCCCC=C)c4ccccc4C3(C)C)/C2=O)C(C)(C)c2ccccc21.[Br-]. The maximum absolute atomic E-state index is 13.9. The van der Waals surface area contributed by atoms with Gasteiger partial charge in [0.05, 0.1) is 16.6 Å². The van der Waals surface area contributed by atoms with Gasteiger partial charge < -0.3 is 27.0 Å². The molecule has 5 heteroatoms. The van der Waals surface area contributed by atoms with E-state index in [-0.39, 0.29) is 39.4 Å². The molecule has 2 aliphatic heterocycles. The monoisotopic (exact) mass is 696 g/mol. The molecule has 0 radical (unpaired) electrons. The van der Waals surface area contributed by atoms with Crippen LogP contribution in [0.25, 0.3) is 0 Å². The van der Waals surface area contributed by atoms with Crippen LogP contribution >= 0.6 is 0 Å². The summed E-state index contributed by atoms with van der Waals surface area (Å²) in [7, 11) is 0. The number of fused-ring (bicyclic) bond motifs is 2. The summed E-state index contributed by atoms with van der Waals surface area (Å²) >= 11 is 0. The summed E-state index contributed by atoms with van der Waals surface area (Å²) in [5.74, 6) is 0.0297. The van der Waals surface area contributed by atoms with Gasteiger partial charge in [0, 0.05) is 47.5 Å². The molecule has 2 aromatic rings. The number of aliphatic hydroxyl groups excluding tert-OH is 1. The minimum atomic E-state index is -0.279. The lowest BCUT2D eigenvalue weighted by atomic mass is 9.77. The highest BCUT2D eigenvalue weighted by Crippen LogP contribution is 2.49. The van der Waals surface area contributed by atoms with Gasteiger partial charge in [0.15, 0.2) is 5.71 Å². The molecule has 0 spiro atoms. The van der Waals surface area contributed by atoms with E-state index in [2.05, 4.69) is 98.9 Å². The van der Waals surface area contributed by atoms with Crippen molar-refractivity contribution in [1.82, 2.24) is 0 Å². The quantitative estimate of drug-likeness (QED) is 0.0865. The Hall–Kier alpha value is -3.44. The summed E-state index contributed by atoms with van der Waals surface area (Å²) in [6.07, 6.45) is 19.2. The molecule has 5 rings (SSSR count). The van der Waals surface area contributed by atoms with Gasteiger partial charge in [-0.05, 0) is 70.1 Å². The van der Waals surface area contributed by atoms with E-state index in [0.29, 0.717) is 11.1 Å². The molecule has 0 bridgehead atoms. The first kappa shape index (κ1) is 36.4. The van der Waals surface area contributed by atoms with Gasteiger partial charge in [-0.3, -0.25) is 4.79 Å². The van der Waals surface area contributed by atoms with E-state index >= 15 is 0 Å². The second-order valence-electron chi connectivity index (χ2n) is 14.1. The Morgan fingerprint density at radius 1 is 0.766 bits per heavy atom. The molecule has 0 unspecified atom stereocenters. The van der Waals surface area contributed by atoms with Crippen molar-refractivity contribution in [3.05, 3.63) is 120 Å². The predicted molar refractivity (Wildman–Crippen MR) is 193 cm³/mol. The molecule has 2 heterocycles. The molecule has 0 fully saturated rings. The molecule has 0 amide bonds. The molecule has 0 saturated heterocycles. The molecular weight excluding hydrogens is 644 g/mol. The Kier molecular flexibility index (Phi) is 12.1. The number of unbranched alkanes of at least 4 members (excludes halogenated alkanes) is 8. The van der Waals surface area contributed by atoms with Crippen molar-refractivity contribution in [2.45, 2.75) is 103 Å². The maximum atomic E-state index is 13.9. The number of benzene rings is 2. The van der Waals surface area contributed by atoms with Gasteiger partial charge in [-0.25, -0.2) is 0 Å². The number of para-hydroxylation sites is 2. The molecule has 1 aliphatic carbocycles. The van der Waals surface area contributed by atoms with Crippen molar-refractivity contribution in [2.75, 3.05) is 18.0 Å². The summed E-state index contributed by atoms with van der Waals surface area (Å²) in [6.45, 7) is 18.4. The highest BCUT2D eigenvalue weighted by atomic mass is 79.9. The van der Waals surface area contributed by atoms with Crippen LogP contribution in [0.5, 0.6) is 0 Å². The first-order valence-corrected chi connectivity index (χ1v) is 17.4. The second-order valence-corrected chi connectivity index (χ2v) is 14.1. The van der Waals surface area contributed by atoms with Crippen LogP contribution < -0.4 is 21.9 Å². The number of allylic oxidation sites excluding steroid dienone is 7. The van der Waals surface area contributed by atoms with Gasteiger partial charge in [-0.15, -0.1) is 13.2 Å². The number of ketones is 1. The third kappa shape index (κ3) is 7.21. The minimum Gasteiger partial charge on any atom is -1.00 e. The lowest BCUT2D eigenvalue weighted by molar-refractivity contribution is -0.438. The average Bonchev–Trinajstić information content (AvgIpc) is 3.40. The summed E-state index contributed by atoms with van der Waals surface area (Å²) in [5, 5.41) is 11.5. The van der Waals surface area contributed by atoms with E-state index in [9.17, 15) is 9.90 Å². The molecule has 47 heavy (non-hydrogen) atoms. The topological polar surface area (TPSA) is 43.5 Å². The Balaban J connectivity index is 0.00000500. The number of hydrogen-bond acceptors (Lipinski definition) is 3. The number of Topliss-reactive ketones (excluding diaryl/α,β-unsaturated/α-hetero) is 1. The van der Waals surface area contributed by atoms with Crippen molar-refractivity contribution < 1.29 is 31.5 Å². The van der Waals surface area contributed by atoms with Crippen molar-refractivity contribution in [1.29, 1.82) is 0 Å². The highest BCUT2D eigenvalue weighted by Gasteiger charge is 2.47. The van der Waals surface area contributed by atoms with Gasteiger partial charge in [-0.2, -0.15) is 4.58 Å². The fourth-order valence-corrected chi connectivity index (χ4v) is 7.49. The van der Waals surface area contributed by atoms with E-state index in [1.54, 1.807) is 0 Å². The van der Waals surface area contributed by atoms with Gasteiger partial charge in [0.2, 0.25) is 11.5 Å². The van der Waals surface area contributed by atoms with Crippen molar-refractivity contribution in [2.24, 2.45) is 0 Å². The number of rotatable bonds is 16. The number of carbonyl (C=O) groups excluding carboxylic acids is 1. The van der Waals surface area contributed by atoms with Crippen molar-refractivity contribution >= 4 is 22.9 Å². The third-order valence-electron chi connectivity index (χ3n) is 10.2. The fraction of sp³-hybridized carbons (Fsp3) is 0.429. The van der Waals surface area contributed by atoms with Crippen LogP contribution in [0.3, 0.4) is 0 Å². The molecule has 1 N–H and O–H groups in total. The van der Waals surface area contributed by atoms with Crippen LogP contribution in [0.15, 0.2) is 109 Å². The fourth-order valence-electron chi connectivity index (χ4n) is 7.49. The Morgan fingerprint density at radius 2 is 1.36 bits per heavy atom. The van der Waals surface area contributed by atoms with Crippen LogP contribution in [0.4, 0.5) is 11.4 Å². The van der Waals surface area contributed by atoms with E-state index in [1.165, 1.54) is 48.2 Å². The summed E-state index contributed by atoms with van der Waals surface area (Å²) in [6, 6.07) is 17.1. The third-order valence-corrected chi connectivity index (χ3v) is 10.2. The van der Waals surface area contributed by atoms with Gasteiger partial charge in [-0.1, -0.05) is 81.7 Å². The Bertz CT molecular complexity index is 1620. The molecular formula is C42H53BrN2O2. The normalized spacial score (nSPS) is 19.1. The van der Waals surface area contributed by atoms with Crippen LogP contribution in [0.2, 0.25) is 0 Å². The van der Waals surface area contributed by atoms with Gasteiger partial charge in [0.1, 0.15) is 12.3 Å². The number of halogens is 1. The Morgan fingerprint density at radius 3 is 2.02 bits per heavy atom. The van der Waals surface area contributed by atoms with Gasteiger partial charge in [0.25, 0.3) is 0 Å². The van der Waals surface area contributed by atoms with E-state index in [1.807, 2.05) is 24.3 Å². The lowest BCUT2D eigenvalue weighted by Gasteiger charge is -2.29. The summed E-state index contributed by atoms with van der Waals surface area (Å²) in [4.78, 5) is 16.2. The zero-order valence-corrected chi connectivity index (χ0v) is 30.5. The standard InChI is InChI=1S/C42H52N2O2.BrH/c1-7-9-11-13-15-21-27-43-35-25-19-17-23-33(35)41(3,4)37(43)29-31-39(45)32(40(31)46)30-38-42(5,6)34-24-18-20-26-36(34)44(38)28-22-16-14-12-10-8-2;/h7-8,17-20,23-26,29-30H,1-2,9-16,21-22,27-28H2,3-6H3;1H. The number of nitrogens with zero attached hydrogens (tertiary/aromatic N) is 2. The van der Waals surface area contributed by atoms with E-state index in [4.69, 9.17) is 0 Å². The first-order chi connectivity index (χ1) is 22.1. The zero-order chi connectivity index (χ0) is 32.9. The summed E-state index contributed by atoms with van der Waals surface area (Å²) in [5.41, 5.74) is 7.36. The lowest BCUT2D eigenvalue weighted by Crippen LogP contribution is -3.00. The maximum Gasteiger partial charge on any atom is 0.209 e. The molecule has 2 aromatic carbocycles. The number of hydrogen-bond donors (Lipinski definition) is 1. The molecule has 3 aliphatic rings. The van der Waals surface area contributed by atoms with Crippen LogP contribution in [0.1, 0.15) is 103 Å². The van der Waals surface area contributed by atoms with Crippen LogP contribution in [-0.4, -0.2) is 34.3 Å².